The molecule has 9 nitrogen and oxygen atoms in total. The fourth-order valence-electron chi connectivity index (χ4n) is 3.22. The van der Waals surface area contributed by atoms with Gasteiger partial charge in [-0.2, -0.15) is 0 Å². The zero-order chi connectivity index (χ0) is 19.8. The first-order chi connectivity index (χ1) is 13.7. The van der Waals surface area contributed by atoms with Crippen LogP contribution in [0.25, 0.3) is 0 Å². The number of ether oxygens (including phenoxy) is 1. The van der Waals surface area contributed by atoms with E-state index in [0.717, 1.165) is 18.7 Å². The number of benzene rings is 1. The zero-order valence-electron chi connectivity index (χ0n) is 16.1. The summed E-state index contributed by atoms with van der Waals surface area (Å²) in [4.78, 5) is 26.1. The molecule has 0 saturated carbocycles. The maximum Gasteiger partial charge on any atom is 0.337 e. The van der Waals surface area contributed by atoms with E-state index in [2.05, 4.69) is 30.5 Å². The van der Waals surface area contributed by atoms with Crippen molar-refractivity contribution in [3.05, 3.63) is 41.2 Å². The average Bonchev–Trinajstić information content (AvgIpc) is 2.98. The van der Waals surface area contributed by atoms with Gasteiger partial charge in [-0.05, 0) is 54.1 Å². The molecule has 3 rings (SSSR count). The van der Waals surface area contributed by atoms with Crippen molar-refractivity contribution in [3.63, 3.8) is 0 Å². The third-order valence-electron chi connectivity index (χ3n) is 4.83. The number of methoxy groups -OCH3 is 1. The van der Waals surface area contributed by atoms with Crippen LogP contribution in [0.5, 0.6) is 0 Å². The summed E-state index contributed by atoms with van der Waals surface area (Å²) >= 11 is 0. The number of hydrogen-bond acceptors (Lipinski definition) is 7. The molecule has 1 aliphatic heterocycles. The fraction of sp³-hybridized carbons (Fsp3) is 0.526. The summed E-state index contributed by atoms with van der Waals surface area (Å²) in [5.41, 5.74) is 1.37. The summed E-state index contributed by atoms with van der Waals surface area (Å²) in [6.45, 7) is 3.19. The Kier molecular flexibility index (Phi) is 7.07. The van der Waals surface area contributed by atoms with Crippen LogP contribution in [0.2, 0.25) is 0 Å². The average molecular weight is 386 g/mol. The molecule has 28 heavy (non-hydrogen) atoms. The largest absolute Gasteiger partial charge is 0.465 e. The zero-order valence-corrected chi connectivity index (χ0v) is 16.1. The van der Waals surface area contributed by atoms with Crippen molar-refractivity contribution in [2.75, 3.05) is 20.2 Å². The monoisotopic (exact) mass is 386 g/mol. The van der Waals surface area contributed by atoms with Crippen LogP contribution in [0.3, 0.4) is 0 Å². The molecule has 1 aromatic carbocycles. The van der Waals surface area contributed by atoms with E-state index >= 15 is 0 Å². The molecule has 1 N–H and O–H groups in total. The number of tetrazole rings is 1. The second kappa shape index (κ2) is 9.93. The van der Waals surface area contributed by atoms with Gasteiger partial charge in [0.1, 0.15) is 6.54 Å². The normalized spacial score (nSPS) is 15.0. The highest BCUT2D eigenvalue weighted by Gasteiger charge is 2.15. The number of nitrogens with one attached hydrogen (secondary N) is 1. The SMILES string of the molecule is COC(=O)c1ccc(CNC(=O)Cn2nnnc2CN2CCCCCC2)cc1. The quantitative estimate of drug-likeness (QED) is 0.712. The Morgan fingerprint density at radius 2 is 1.82 bits per heavy atom. The predicted molar refractivity (Wildman–Crippen MR) is 101 cm³/mol. The lowest BCUT2D eigenvalue weighted by molar-refractivity contribution is -0.122. The lowest BCUT2D eigenvalue weighted by Crippen LogP contribution is -2.30. The Labute approximate surface area is 164 Å². The first kappa shape index (κ1) is 19.9. The van der Waals surface area contributed by atoms with Crippen molar-refractivity contribution in [3.8, 4) is 0 Å². The number of carbonyl (C=O) groups is 2. The van der Waals surface area contributed by atoms with E-state index in [1.165, 1.54) is 32.8 Å². The van der Waals surface area contributed by atoms with Gasteiger partial charge in [-0.3, -0.25) is 9.69 Å². The number of carbonyl (C=O) groups excluding carboxylic acids is 2. The topological polar surface area (TPSA) is 102 Å². The van der Waals surface area contributed by atoms with Gasteiger partial charge < -0.3 is 10.1 Å². The van der Waals surface area contributed by atoms with Crippen molar-refractivity contribution in [1.29, 1.82) is 0 Å². The Balaban J connectivity index is 1.50. The molecule has 1 aliphatic rings. The lowest BCUT2D eigenvalue weighted by Gasteiger charge is -2.18. The van der Waals surface area contributed by atoms with Gasteiger partial charge in [0, 0.05) is 6.54 Å². The minimum atomic E-state index is -0.383. The van der Waals surface area contributed by atoms with Crippen LogP contribution in [0, 0.1) is 0 Å². The second-order valence-electron chi connectivity index (χ2n) is 6.91. The minimum absolute atomic E-state index is 0.0798. The van der Waals surface area contributed by atoms with Gasteiger partial charge in [0.2, 0.25) is 5.91 Å². The standard InChI is InChI=1S/C19H26N6O3/c1-28-19(27)16-8-6-15(7-9-16)12-20-18(26)14-25-17(21-22-23-25)13-24-10-4-2-3-5-11-24/h6-9H,2-5,10-14H2,1H3,(H,20,26). The van der Waals surface area contributed by atoms with E-state index in [-0.39, 0.29) is 18.4 Å². The molecule has 1 saturated heterocycles. The number of hydrogen-bond donors (Lipinski definition) is 1. The van der Waals surface area contributed by atoms with Crippen molar-refractivity contribution < 1.29 is 14.3 Å². The van der Waals surface area contributed by atoms with Crippen LogP contribution in [0.15, 0.2) is 24.3 Å². The van der Waals surface area contributed by atoms with Crippen LogP contribution in [0.4, 0.5) is 0 Å². The highest BCUT2D eigenvalue weighted by Crippen LogP contribution is 2.12. The molecule has 9 heteroatoms. The van der Waals surface area contributed by atoms with Gasteiger partial charge in [0.15, 0.2) is 5.82 Å². The van der Waals surface area contributed by atoms with Gasteiger partial charge in [-0.1, -0.05) is 25.0 Å². The maximum atomic E-state index is 12.3. The smallest absolute Gasteiger partial charge is 0.337 e. The van der Waals surface area contributed by atoms with Crippen LogP contribution < -0.4 is 5.32 Å². The van der Waals surface area contributed by atoms with E-state index in [0.29, 0.717) is 24.5 Å². The highest BCUT2D eigenvalue weighted by atomic mass is 16.5. The van der Waals surface area contributed by atoms with Crippen molar-refractivity contribution in [1.82, 2.24) is 30.4 Å². The van der Waals surface area contributed by atoms with E-state index in [1.54, 1.807) is 28.9 Å². The molecule has 0 aliphatic carbocycles. The summed E-state index contributed by atoms with van der Waals surface area (Å²) in [5.74, 6) is 0.159. The number of esters is 1. The Morgan fingerprint density at radius 3 is 2.50 bits per heavy atom. The van der Waals surface area contributed by atoms with Gasteiger partial charge in [0.05, 0.1) is 19.2 Å². The maximum absolute atomic E-state index is 12.3. The molecule has 0 spiro atoms. The van der Waals surface area contributed by atoms with Gasteiger partial charge >= 0.3 is 5.97 Å². The lowest BCUT2D eigenvalue weighted by atomic mass is 10.1. The van der Waals surface area contributed by atoms with Crippen LogP contribution in [-0.2, 0) is 29.2 Å². The van der Waals surface area contributed by atoms with Crippen molar-refractivity contribution in [2.45, 2.75) is 45.3 Å². The molecule has 1 fully saturated rings. The Hall–Kier alpha value is -2.81. The van der Waals surface area contributed by atoms with E-state index in [1.807, 2.05) is 0 Å². The summed E-state index contributed by atoms with van der Waals surface area (Å²) in [7, 11) is 1.34. The molecular weight excluding hydrogens is 360 g/mol. The third-order valence-corrected chi connectivity index (χ3v) is 4.83. The molecular formula is C19H26N6O3. The number of amides is 1. The molecule has 1 amide bonds. The second-order valence-corrected chi connectivity index (χ2v) is 6.91. The van der Waals surface area contributed by atoms with Gasteiger partial charge in [0.25, 0.3) is 0 Å². The summed E-state index contributed by atoms with van der Waals surface area (Å²) < 4.78 is 6.23. The van der Waals surface area contributed by atoms with E-state index in [4.69, 9.17) is 0 Å². The molecule has 2 heterocycles. The molecule has 0 bridgehead atoms. The fourth-order valence-corrected chi connectivity index (χ4v) is 3.22. The van der Waals surface area contributed by atoms with Gasteiger partial charge in [-0.25, -0.2) is 9.48 Å². The third kappa shape index (κ3) is 5.59. The van der Waals surface area contributed by atoms with Crippen LogP contribution in [-0.4, -0.2) is 57.2 Å². The van der Waals surface area contributed by atoms with Crippen molar-refractivity contribution in [2.24, 2.45) is 0 Å². The Bertz CT molecular complexity index is 781. The van der Waals surface area contributed by atoms with Crippen LogP contribution >= 0.6 is 0 Å². The molecule has 0 radical (unpaired) electrons. The first-order valence-electron chi connectivity index (χ1n) is 9.57. The van der Waals surface area contributed by atoms with Gasteiger partial charge in [-0.15, -0.1) is 5.10 Å². The number of likely N-dealkylation sites (tertiary alicyclic amines) is 1. The highest BCUT2D eigenvalue weighted by molar-refractivity contribution is 5.89. The number of nitrogens with zero attached hydrogens (tertiary/aromatic N) is 5. The molecule has 2 aromatic rings. The summed E-state index contributed by atoms with van der Waals surface area (Å²) in [6.07, 6.45) is 4.92. The molecule has 1 aromatic heterocycles. The van der Waals surface area contributed by atoms with Crippen molar-refractivity contribution >= 4 is 11.9 Å². The molecule has 0 atom stereocenters. The van der Waals surface area contributed by atoms with E-state index < -0.39 is 0 Å². The first-order valence-corrected chi connectivity index (χ1v) is 9.57. The molecule has 0 unspecified atom stereocenters. The number of aromatic nitrogens is 4. The van der Waals surface area contributed by atoms with E-state index in [9.17, 15) is 9.59 Å². The summed E-state index contributed by atoms with van der Waals surface area (Å²) in [6, 6.07) is 6.92. The predicted octanol–water partition coefficient (Wildman–Crippen LogP) is 1.15. The molecule has 150 valence electrons. The Morgan fingerprint density at radius 1 is 1.11 bits per heavy atom. The summed E-state index contributed by atoms with van der Waals surface area (Å²) in [5, 5.41) is 14.6. The number of rotatable bonds is 7. The minimum Gasteiger partial charge on any atom is -0.465 e. The van der Waals surface area contributed by atoms with Crippen LogP contribution in [0.1, 0.15) is 47.4 Å².